The predicted molar refractivity (Wildman–Crippen MR) is 114 cm³/mol. The summed E-state index contributed by atoms with van der Waals surface area (Å²) >= 11 is 1.65. The van der Waals surface area contributed by atoms with Crippen LogP contribution in [0.2, 0.25) is 0 Å². The number of hydrogen-bond donors (Lipinski definition) is 1. The SMILES string of the molecule is COc1ccc(NC(=O)Cn2nc(-c3ccc(SC)cc3)ccc2=O)c(OC)c1. The average Bonchev–Trinajstić information content (AvgIpc) is 2.75. The number of thioether (sulfide) groups is 1. The van der Waals surface area contributed by atoms with Gasteiger partial charge in [0.1, 0.15) is 18.0 Å². The van der Waals surface area contributed by atoms with E-state index in [1.807, 2.05) is 30.5 Å². The monoisotopic (exact) mass is 411 g/mol. The lowest BCUT2D eigenvalue weighted by Crippen LogP contribution is -2.29. The van der Waals surface area contributed by atoms with Gasteiger partial charge >= 0.3 is 0 Å². The Balaban J connectivity index is 1.79. The Morgan fingerprint density at radius 2 is 1.83 bits per heavy atom. The van der Waals surface area contributed by atoms with Crippen LogP contribution >= 0.6 is 11.8 Å². The maximum absolute atomic E-state index is 12.5. The molecule has 3 aromatic rings. The number of benzene rings is 2. The summed E-state index contributed by atoms with van der Waals surface area (Å²) in [6.45, 7) is -0.218. The van der Waals surface area contributed by atoms with Crippen molar-refractivity contribution < 1.29 is 14.3 Å². The molecular weight excluding hydrogens is 390 g/mol. The lowest BCUT2D eigenvalue weighted by atomic mass is 10.1. The Labute approximate surface area is 172 Å². The smallest absolute Gasteiger partial charge is 0.267 e. The van der Waals surface area contributed by atoms with Crippen LogP contribution in [0, 0.1) is 0 Å². The van der Waals surface area contributed by atoms with Crippen LogP contribution in [0.3, 0.4) is 0 Å². The number of carbonyl (C=O) groups is 1. The molecule has 2 aromatic carbocycles. The lowest BCUT2D eigenvalue weighted by Gasteiger charge is -2.12. The molecule has 3 rings (SSSR count). The quantitative estimate of drug-likeness (QED) is 0.601. The first kappa shape index (κ1) is 20.5. The highest BCUT2D eigenvalue weighted by molar-refractivity contribution is 7.98. The maximum Gasteiger partial charge on any atom is 0.267 e. The molecule has 0 unspecified atom stereocenters. The lowest BCUT2D eigenvalue weighted by molar-refractivity contribution is -0.117. The van der Waals surface area contributed by atoms with E-state index in [2.05, 4.69) is 10.4 Å². The zero-order chi connectivity index (χ0) is 20.8. The van der Waals surface area contributed by atoms with Crippen LogP contribution in [0.5, 0.6) is 11.5 Å². The number of rotatable bonds is 7. The van der Waals surface area contributed by atoms with Crippen molar-refractivity contribution in [2.24, 2.45) is 0 Å². The molecule has 29 heavy (non-hydrogen) atoms. The molecule has 0 aliphatic carbocycles. The van der Waals surface area contributed by atoms with Crippen molar-refractivity contribution in [3.05, 3.63) is 65.0 Å². The number of ether oxygens (including phenoxy) is 2. The largest absolute Gasteiger partial charge is 0.497 e. The van der Waals surface area contributed by atoms with Gasteiger partial charge in [-0.3, -0.25) is 9.59 Å². The van der Waals surface area contributed by atoms with Gasteiger partial charge in [0.2, 0.25) is 5.91 Å². The third-order valence-corrected chi connectivity index (χ3v) is 4.97. The van der Waals surface area contributed by atoms with Gasteiger partial charge in [0, 0.05) is 22.6 Å². The average molecular weight is 411 g/mol. The van der Waals surface area contributed by atoms with Crippen LogP contribution in [-0.2, 0) is 11.3 Å². The van der Waals surface area contributed by atoms with Crippen molar-refractivity contribution in [1.82, 2.24) is 9.78 Å². The predicted octanol–water partition coefficient (Wildman–Crippen LogP) is 3.29. The minimum Gasteiger partial charge on any atom is -0.497 e. The zero-order valence-electron chi connectivity index (χ0n) is 16.3. The van der Waals surface area contributed by atoms with E-state index in [0.717, 1.165) is 15.1 Å². The summed E-state index contributed by atoms with van der Waals surface area (Å²) in [6.07, 6.45) is 2.00. The van der Waals surface area contributed by atoms with Gasteiger partial charge in [-0.05, 0) is 36.6 Å². The van der Waals surface area contributed by atoms with Crippen molar-refractivity contribution >= 4 is 23.4 Å². The highest BCUT2D eigenvalue weighted by atomic mass is 32.2. The van der Waals surface area contributed by atoms with Crippen LogP contribution < -0.4 is 20.3 Å². The molecule has 7 nitrogen and oxygen atoms in total. The van der Waals surface area contributed by atoms with Crippen molar-refractivity contribution in [3.63, 3.8) is 0 Å². The molecule has 1 aromatic heterocycles. The van der Waals surface area contributed by atoms with E-state index in [1.165, 1.54) is 13.2 Å². The van der Waals surface area contributed by atoms with Crippen molar-refractivity contribution in [1.29, 1.82) is 0 Å². The molecule has 1 amide bonds. The Hall–Kier alpha value is -3.26. The highest BCUT2D eigenvalue weighted by Gasteiger charge is 2.12. The standard InChI is InChI=1S/C21H21N3O4S/c1-27-15-6-9-18(19(12-15)28-2)22-20(25)13-24-21(26)11-10-17(23-24)14-4-7-16(29-3)8-5-14/h4-12H,13H2,1-3H3,(H,22,25). The Morgan fingerprint density at radius 1 is 1.07 bits per heavy atom. The molecule has 0 radical (unpaired) electrons. The minimum absolute atomic E-state index is 0.218. The molecule has 0 fully saturated rings. The molecule has 1 heterocycles. The van der Waals surface area contributed by atoms with E-state index in [4.69, 9.17) is 9.47 Å². The normalized spacial score (nSPS) is 10.4. The number of carbonyl (C=O) groups excluding carboxylic acids is 1. The van der Waals surface area contributed by atoms with Gasteiger partial charge in [0.05, 0.1) is 25.6 Å². The van der Waals surface area contributed by atoms with Gasteiger partial charge in [-0.15, -0.1) is 11.8 Å². The number of nitrogens with one attached hydrogen (secondary N) is 1. The fraction of sp³-hybridized carbons (Fsp3) is 0.190. The Kier molecular flexibility index (Phi) is 6.56. The van der Waals surface area contributed by atoms with Gasteiger partial charge in [0.15, 0.2) is 0 Å². The van der Waals surface area contributed by atoms with Gasteiger partial charge in [-0.1, -0.05) is 12.1 Å². The minimum atomic E-state index is -0.391. The summed E-state index contributed by atoms with van der Waals surface area (Å²) in [7, 11) is 3.05. The second kappa shape index (κ2) is 9.29. The zero-order valence-corrected chi connectivity index (χ0v) is 17.2. The number of hydrogen-bond acceptors (Lipinski definition) is 6. The fourth-order valence-corrected chi connectivity index (χ4v) is 3.11. The van der Waals surface area contributed by atoms with Crippen molar-refractivity contribution in [2.45, 2.75) is 11.4 Å². The molecule has 150 valence electrons. The number of methoxy groups -OCH3 is 2. The van der Waals surface area contributed by atoms with Gasteiger partial charge < -0.3 is 14.8 Å². The van der Waals surface area contributed by atoms with Gasteiger partial charge in [-0.2, -0.15) is 5.10 Å². The second-order valence-corrected chi connectivity index (χ2v) is 6.94. The third kappa shape index (κ3) is 4.97. The Morgan fingerprint density at radius 3 is 2.48 bits per heavy atom. The molecule has 0 atom stereocenters. The van der Waals surface area contributed by atoms with E-state index >= 15 is 0 Å². The third-order valence-electron chi connectivity index (χ3n) is 4.23. The molecule has 0 bridgehead atoms. The summed E-state index contributed by atoms with van der Waals surface area (Å²) in [5.74, 6) is 0.677. The summed E-state index contributed by atoms with van der Waals surface area (Å²) in [5, 5.41) is 7.08. The summed E-state index contributed by atoms with van der Waals surface area (Å²) < 4.78 is 11.6. The van der Waals surface area contributed by atoms with E-state index in [9.17, 15) is 9.59 Å². The first-order valence-electron chi connectivity index (χ1n) is 8.78. The van der Waals surface area contributed by atoms with Crippen LogP contribution in [0.4, 0.5) is 5.69 Å². The summed E-state index contributed by atoms with van der Waals surface area (Å²) in [5.41, 5.74) is 1.61. The van der Waals surface area contributed by atoms with Crippen LogP contribution in [0.15, 0.2) is 64.3 Å². The molecule has 0 spiro atoms. The molecule has 0 saturated carbocycles. The fourth-order valence-electron chi connectivity index (χ4n) is 2.71. The van der Waals surface area contributed by atoms with Gasteiger partial charge in [0.25, 0.3) is 5.56 Å². The first-order valence-corrected chi connectivity index (χ1v) is 10.0. The highest BCUT2D eigenvalue weighted by Crippen LogP contribution is 2.29. The topological polar surface area (TPSA) is 82.5 Å². The molecular formula is C21H21N3O4S. The maximum atomic E-state index is 12.5. The number of amides is 1. The van der Waals surface area contributed by atoms with Crippen molar-refractivity contribution in [2.75, 3.05) is 25.8 Å². The number of aromatic nitrogens is 2. The van der Waals surface area contributed by atoms with Crippen LogP contribution in [0.25, 0.3) is 11.3 Å². The van der Waals surface area contributed by atoms with Crippen LogP contribution in [-0.4, -0.2) is 36.2 Å². The number of anilines is 1. The van der Waals surface area contributed by atoms with E-state index in [1.54, 1.807) is 43.1 Å². The van der Waals surface area contributed by atoms with Crippen molar-refractivity contribution in [3.8, 4) is 22.8 Å². The molecule has 0 aliphatic heterocycles. The first-order chi connectivity index (χ1) is 14.0. The molecule has 1 N–H and O–H groups in total. The van der Waals surface area contributed by atoms with E-state index in [-0.39, 0.29) is 12.1 Å². The van der Waals surface area contributed by atoms with E-state index < -0.39 is 5.91 Å². The molecule has 8 heteroatoms. The van der Waals surface area contributed by atoms with Gasteiger partial charge in [-0.25, -0.2) is 4.68 Å². The molecule has 0 saturated heterocycles. The summed E-state index contributed by atoms with van der Waals surface area (Å²) in [4.78, 5) is 25.8. The summed E-state index contributed by atoms with van der Waals surface area (Å²) in [6, 6.07) is 16.0. The molecule has 0 aliphatic rings. The number of nitrogens with zero attached hydrogens (tertiary/aromatic N) is 2. The Bertz CT molecular complexity index is 1060. The second-order valence-electron chi connectivity index (χ2n) is 6.06. The van der Waals surface area contributed by atoms with Crippen LogP contribution in [0.1, 0.15) is 0 Å². The van der Waals surface area contributed by atoms with E-state index in [0.29, 0.717) is 22.9 Å².